The first kappa shape index (κ1) is 14.0. The van der Waals surface area contributed by atoms with E-state index in [1.807, 2.05) is 18.2 Å². The Morgan fingerprint density at radius 2 is 1.78 bits per heavy atom. The van der Waals surface area contributed by atoms with E-state index in [2.05, 4.69) is 31.9 Å². The maximum atomic E-state index is 12.8. The molecule has 2 rings (SSSR count). The molecule has 4 heteroatoms. The lowest BCUT2D eigenvalue weighted by molar-refractivity contribution is 0.627. The number of hydrogen-bond donors (Lipinski definition) is 0. The fourth-order valence-corrected chi connectivity index (χ4v) is 3.23. The van der Waals surface area contributed by atoms with Gasteiger partial charge in [-0.1, -0.05) is 55.6 Å². The molecular formula is C14H10Br2ClF. The van der Waals surface area contributed by atoms with Gasteiger partial charge >= 0.3 is 0 Å². The third kappa shape index (κ3) is 3.81. The fraction of sp³-hybridized carbons (Fsp3) is 0.143. The smallest absolute Gasteiger partial charge is 0.123 e. The maximum absolute atomic E-state index is 12.8. The van der Waals surface area contributed by atoms with E-state index in [-0.39, 0.29) is 10.6 Å². The molecule has 1 atom stereocenters. The molecule has 0 saturated heterocycles. The van der Waals surface area contributed by atoms with Gasteiger partial charge in [-0.05, 0) is 47.9 Å². The summed E-state index contributed by atoms with van der Waals surface area (Å²) >= 11 is 13.1. The van der Waals surface area contributed by atoms with E-state index in [0.29, 0.717) is 5.02 Å². The van der Waals surface area contributed by atoms with Crippen molar-refractivity contribution in [3.05, 3.63) is 68.9 Å². The van der Waals surface area contributed by atoms with Gasteiger partial charge in [0.2, 0.25) is 0 Å². The largest absolute Gasteiger partial charge is 0.207 e. The second-order valence-corrected chi connectivity index (χ2v) is 6.46. The molecule has 0 aliphatic rings. The van der Waals surface area contributed by atoms with Crippen LogP contribution in [0.2, 0.25) is 5.02 Å². The lowest BCUT2D eigenvalue weighted by atomic mass is 10.0. The number of halogens is 4. The zero-order valence-electron chi connectivity index (χ0n) is 9.34. The van der Waals surface area contributed by atoms with Crippen LogP contribution >= 0.6 is 43.5 Å². The van der Waals surface area contributed by atoms with Crippen LogP contribution in [-0.4, -0.2) is 0 Å². The maximum Gasteiger partial charge on any atom is 0.123 e. The summed E-state index contributed by atoms with van der Waals surface area (Å²) in [6.45, 7) is 0. The predicted molar refractivity (Wildman–Crippen MR) is 80.9 cm³/mol. The summed E-state index contributed by atoms with van der Waals surface area (Å²) in [5.41, 5.74) is 2.17. The fourth-order valence-electron chi connectivity index (χ4n) is 1.70. The predicted octanol–water partition coefficient (Wildman–Crippen LogP) is 5.92. The van der Waals surface area contributed by atoms with Crippen molar-refractivity contribution in [1.29, 1.82) is 0 Å². The first-order valence-corrected chi connectivity index (χ1v) is 7.48. The summed E-state index contributed by atoms with van der Waals surface area (Å²) in [4.78, 5) is 0.151. The Kier molecular flexibility index (Phi) is 4.82. The normalized spacial score (nSPS) is 12.4. The van der Waals surface area contributed by atoms with Crippen LogP contribution in [0.3, 0.4) is 0 Å². The first-order chi connectivity index (χ1) is 8.54. The molecule has 0 bridgehead atoms. The minimum atomic E-state index is -0.213. The minimum Gasteiger partial charge on any atom is -0.207 e. The summed E-state index contributed by atoms with van der Waals surface area (Å²) in [6, 6.07) is 12.3. The van der Waals surface area contributed by atoms with E-state index in [9.17, 15) is 4.39 Å². The second-order valence-electron chi connectivity index (χ2n) is 4.00. The average molecular weight is 392 g/mol. The number of alkyl halides is 1. The van der Waals surface area contributed by atoms with Gasteiger partial charge in [0.1, 0.15) is 5.82 Å². The molecule has 2 aromatic rings. The quantitative estimate of drug-likeness (QED) is 0.569. The monoisotopic (exact) mass is 390 g/mol. The number of rotatable bonds is 3. The zero-order valence-corrected chi connectivity index (χ0v) is 13.3. The molecular weight excluding hydrogens is 382 g/mol. The molecule has 0 spiro atoms. The van der Waals surface area contributed by atoms with Gasteiger partial charge in [-0.15, -0.1) is 0 Å². The molecule has 0 heterocycles. The summed E-state index contributed by atoms with van der Waals surface area (Å²) < 4.78 is 13.8. The van der Waals surface area contributed by atoms with Crippen LogP contribution in [0.5, 0.6) is 0 Å². The van der Waals surface area contributed by atoms with Crippen LogP contribution in [0.15, 0.2) is 46.9 Å². The Morgan fingerprint density at radius 1 is 1.11 bits per heavy atom. The molecule has 0 aliphatic carbocycles. The van der Waals surface area contributed by atoms with E-state index in [0.717, 1.165) is 22.0 Å². The molecule has 1 unspecified atom stereocenters. The third-order valence-corrected chi connectivity index (χ3v) is 4.10. The van der Waals surface area contributed by atoms with E-state index in [1.54, 1.807) is 12.1 Å². The van der Waals surface area contributed by atoms with Crippen molar-refractivity contribution in [3.63, 3.8) is 0 Å². The van der Waals surface area contributed by atoms with E-state index in [1.165, 1.54) is 12.1 Å². The van der Waals surface area contributed by atoms with Gasteiger partial charge < -0.3 is 0 Å². The van der Waals surface area contributed by atoms with Crippen LogP contribution in [0, 0.1) is 5.82 Å². The van der Waals surface area contributed by atoms with Crippen molar-refractivity contribution < 1.29 is 4.39 Å². The van der Waals surface area contributed by atoms with Crippen LogP contribution in [0.4, 0.5) is 4.39 Å². The van der Waals surface area contributed by atoms with Gasteiger partial charge in [-0.2, -0.15) is 0 Å². The van der Waals surface area contributed by atoms with Gasteiger partial charge in [0, 0.05) is 14.3 Å². The van der Waals surface area contributed by atoms with Gasteiger partial charge in [0.25, 0.3) is 0 Å². The summed E-state index contributed by atoms with van der Waals surface area (Å²) in [5, 5.41) is 0.697. The van der Waals surface area contributed by atoms with E-state index in [4.69, 9.17) is 11.6 Å². The minimum absolute atomic E-state index is 0.151. The van der Waals surface area contributed by atoms with Gasteiger partial charge in [-0.25, -0.2) is 4.39 Å². The Balaban J connectivity index is 2.16. The third-order valence-electron chi connectivity index (χ3n) is 2.57. The van der Waals surface area contributed by atoms with Crippen LogP contribution in [0.25, 0.3) is 0 Å². The van der Waals surface area contributed by atoms with Crippen LogP contribution < -0.4 is 0 Å². The highest BCUT2D eigenvalue weighted by Gasteiger charge is 2.10. The molecule has 0 aliphatic heterocycles. The average Bonchev–Trinajstić information content (AvgIpc) is 2.31. The molecule has 0 amide bonds. The molecule has 18 heavy (non-hydrogen) atoms. The highest BCUT2D eigenvalue weighted by molar-refractivity contribution is 9.10. The van der Waals surface area contributed by atoms with Crippen molar-refractivity contribution in [2.75, 3.05) is 0 Å². The summed E-state index contributed by atoms with van der Waals surface area (Å²) in [6.07, 6.45) is 0.785. The van der Waals surface area contributed by atoms with Gasteiger partial charge in [0.05, 0.1) is 0 Å². The van der Waals surface area contributed by atoms with Crippen molar-refractivity contribution in [2.24, 2.45) is 0 Å². The van der Waals surface area contributed by atoms with Crippen molar-refractivity contribution in [3.8, 4) is 0 Å². The van der Waals surface area contributed by atoms with Crippen LogP contribution in [-0.2, 0) is 6.42 Å². The van der Waals surface area contributed by atoms with Crippen molar-refractivity contribution in [1.82, 2.24) is 0 Å². The SMILES string of the molecule is Fc1ccc(CC(Br)c2cc(Cl)cc(Br)c2)cc1. The molecule has 94 valence electrons. The van der Waals surface area contributed by atoms with E-state index >= 15 is 0 Å². The molecule has 0 radical (unpaired) electrons. The van der Waals surface area contributed by atoms with Gasteiger partial charge in [-0.3, -0.25) is 0 Å². The number of hydrogen-bond acceptors (Lipinski definition) is 0. The molecule has 0 N–H and O–H groups in total. The second kappa shape index (κ2) is 6.18. The lowest BCUT2D eigenvalue weighted by Gasteiger charge is -2.11. The highest BCUT2D eigenvalue weighted by Crippen LogP contribution is 2.31. The Bertz CT molecular complexity index is 520. The molecule has 0 aromatic heterocycles. The van der Waals surface area contributed by atoms with Gasteiger partial charge in [0.15, 0.2) is 0 Å². The molecule has 2 aromatic carbocycles. The molecule has 0 saturated carbocycles. The molecule has 0 fully saturated rings. The highest BCUT2D eigenvalue weighted by atomic mass is 79.9. The first-order valence-electron chi connectivity index (χ1n) is 5.39. The molecule has 0 nitrogen and oxygen atoms in total. The van der Waals surface area contributed by atoms with Crippen LogP contribution in [0.1, 0.15) is 16.0 Å². The lowest BCUT2D eigenvalue weighted by Crippen LogP contribution is -1.95. The summed E-state index contributed by atoms with van der Waals surface area (Å²) in [7, 11) is 0. The standard InChI is InChI=1S/C14H10Br2ClF/c15-11-6-10(7-12(17)8-11)14(16)5-9-1-3-13(18)4-2-9/h1-4,6-8,14H,5H2. The Morgan fingerprint density at radius 3 is 2.39 bits per heavy atom. The zero-order chi connectivity index (χ0) is 13.1. The topological polar surface area (TPSA) is 0 Å². The number of benzene rings is 2. The van der Waals surface area contributed by atoms with Crippen molar-refractivity contribution >= 4 is 43.5 Å². The summed E-state index contributed by atoms with van der Waals surface area (Å²) in [5.74, 6) is -0.213. The Hall–Kier alpha value is -0.380. The van der Waals surface area contributed by atoms with E-state index < -0.39 is 0 Å². The Labute approximate surface area is 127 Å². The van der Waals surface area contributed by atoms with Crippen molar-refractivity contribution in [2.45, 2.75) is 11.2 Å².